The van der Waals surface area contributed by atoms with Crippen LogP contribution in [0.4, 0.5) is 0 Å². The Kier molecular flexibility index (Phi) is 4.11. The Labute approximate surface area is 118 Å². The number of aryl methyl sites for hydroxylation is 2. The molecule has 1 fully saturated rings. The van der Waals surface area contributed by atoms with E-state index in [1.54, 1.807) is 0 Å². The highest BCUT2D eigenvalue weighted by molar-refractivity contribution is 5.84. The van der Waals surface area contributed by atoms with Gasteiger partial charge in [0.05, 0.1) is 5.69 Å². The largest absolute Gasteiger partial charge is 0.480 e. The number of rotatable bonds is 4. The van der Waals surface area contributed by atoms with Gasteiger partial charge < -0.3 is 10.0 Å². The van der Waals surface area contributed by atoms with Crippen molar-refractivity contribution in [2.45, 2.75) is 45.6 Å². The number of likely N-dealkylation sites (tertiary alicyclic amines) is 1. The number of nitrogens with zero attached hydrogens (tertiary/aromatic N) is 3. The lowest BCUT2D eigenvalue weighted by Crippen LogP contribution is -2.40. The third-order valence-corrected chi connectivity index (χ3v) is 4.11. The van der Waals surface area contributed by atoms with Gasteiger partial charge in [0.1, 0.15) is 6.04 Å². The Hall–Kier alpha value is -1.85. The van der Waals surface area contributed by atoms with E-state index in [0.29, 0.717) is 25.8 Å². The van der Waals surface area contributed by atoms with Crippen LogP contribution in [0.2, 0.25) is 0 Å². The molecule has 0 radical (unpaired) electrons. The fraction of sp³-hybridized carbons (Fsp3) is 0.643. The van der Waals surface area contributed by atoms with Gasteiger partial charge in [-0.1, -0.05) is 0 Å². The number of hydrogen-bond donors (Lipinski definition) is 1. The first kappa shape index (κ1) is 14.6. The van der Waals surface area contributed by atoms with Crippen LogP contribution < -0.4 is 0 Å². The molecular formula is C14H21N3O3. The van der Waals surface area contributed by atoms with Gasteiger partial charge >= 0.3 is 5.97 Å². The lowest BCUT2D eigenvalue weighted by atomic mass is 10.1. The highest BCUT2D eigenvalue weighted by Crippen LogP contribution is 2.20. The van der Waals surface area contributed by atoms with Crippen LogP contribution >= 0.6 is 0 Å². The fourth-order valence-electron chi connectivity index (χ4n) is 2.88. The molecule has 6 heteroatoms. The van der Waals surface area contributed by atoms with Gasteiger partial charge in [0.15, 0.2) is 0 Å². The maximum atomic E-state index is 12.2. The first-order valence-electron chi connectivity index (χ1n) is 6.93. The molecule has 110 valence electrons. The van der Waals surface area contributed by atoms with E-state index in [1.165, 1.54) is 4.90 Å². The van der Waals surface area contributed by atoms with Crippen molar-refractivity contribution in [2.75, 3.05) is 6.54 Å². The summed E-state index contributed by atoms with van der Waals surface area (Å²) in [5, 5.41) is 13.4. The van der Waals surface area contributed by atoms with Crippen molar-refractivity contribution in [3.8, 4) is 0 Å². The van der Waals surface area contributed by atoms with Crippen LogP contribution in [0, 0.1) is 13.8 Å². The molecule has 1 atom stereocenters. The summed E-state index contributed by atoms with van der Waals surface area (Å²) in [6, 6.07) is -0.640. The van der Waals surface area contributed by atoms with Crippen LogP contribution in [-0.4, -0.2) is 44.3 Å². The normalized spacial score (nSPS) is 18.6. The van der Waals surface area contributed by atoms with Crippen molar-refractivity contribution in [2.24, 2.45) is 7.05 Å². The highest BCUT2D eigenvalue weighted by Gasteiger charge is 2.33. The number of carboxylic acids is 1. The van der Waals surface area contributed by atoms with E-state index in [-0.39, 0.29) is 5.91 Å². The summed E-state index contributed by atoms with van der Waals surface area (Å²) < 4.78 is 1.81. The second-order valence-corrected chi connectivity index (χ2v) is 5.36. The van der Waals surface area contributed by atoms with Crippen molar-refractivity contribution < 1.29 is 14.7 Å². The molecule has 0 aromatic carbocycles. The maximum Gasteiger partial charge on any atom is 0.326 e. The van der Waals surface area contributed by atoms with Gasteiger partial charge in [-0.2, -0.15) is 5.10 Å². The Bertz CT molecular complexity index is 536. The van der Waals surface area contributed by atoms with Crippen LogP contribution in [0.15, 0.2) is 0 Å². The van der Waals surface area contributed by atoms with E-state index in [1.807, 2.05) is 25.6 Å². The molecule has 6 nitrogen and oxygen atoms in total. The zero-order valence-corrected chi connectivity index (χ0v) is 12.2. The molecule has 0 aliphatic carbocycles. The molecular weight excluding hydrogens is 258 g/mol. The van der Waals surface area contributed by atoms with E-state index < -0.39 is 12.0 Å². The van der Waals surface area contributed by atoms with Crippen LogP contribution in [0.3, 0.4) is 0 Å². The third-order valence-electron chi connectivity index (χ3n) is 4.11. The highest BCUT2D eigenvalue weighted by atomic mass is 16.4. The van der Waals surface area contributed by atoms with Crippen LogP contribution in [0.1, 0.15) is 36.2 Å². The minimum Gasteiger partial charge on any atom is -0.480 e. The Morgan fingerprint density at radius 1 is 1.40 bits per heavy atom. The molecule has 1 aromatic heterocycles. The molecule has 0 bridgehead atoms. The monoisotopic (exact) mass is 279 g/mol. The first-order chi connectivity index (χ1) is 9.41. The molecule has 1 aliphatic heterocycles. The fourth-order valence-corrected chi connectivity index (χ4v) is 2.88. The van der Waals surface area contributed by atoms with Gasteiger partial charge in [-0.15, -0.1) is 0 Å². The van der Waals surface area contributed by atoms with E-state index in [9.17, 15) is 9.59 Å². The predicted octanol–water partition coefficient (Wildman–Crippen LogP) is 1.05. The zero-order valence-electron chi connectivity index (χ0n) is 12.2. The number of carbonyl (C=O) groups excluding carboxylic acids is 1. The summed E-state index contributed by atoms with van der Waals surface area (Å²) in [5.41, 5.74) is 3.09. The number of carboxylic acid groups (broad SMARTS) is 1. The van der Waals surface area contributed by atoms with Crippen molar-refractivity contribution in [1.82, 2.24) is 14.7 Å². The summed E-state index contributed by atoms with van der Waals surface area (Å²) in [6.45, 7) is 4.47. The topological polar surface area (TPSA) is 75.4 Å². The summed E-state index contributed by atoms with van der Waals surface area (Å²) in [6.07, 6.45) is 2.30. The standard InChI is InChI=1S/C14H21N3O3/c1-9-11(10(2)16(3)15-9)6-7-13(18)17-8-4-5-12(17)14(19)20/h12H,4-8H2,1-3H3,(H,19,20)/t12-/m1/s1. The van der Waals surface area contributed by atoms with Crippen molar-refractivity contribution >= 4 is 11.9 Å². The quantitative estimate of drug-likeness (QED) is 0.893. The molecule has 0 saturated carbocycles. The molecule has 1 aromatic rings. The summed E-state index contributed by atoms with van der Waals surface area (Å²) in [4.78, 5) is 24.8. The van der Waals surface area contributed by atoms with Crippen molar-refractivity contribution in [3.63, 3.8) is 0 Å². The summed E-state index contributed by atoms with van der Waals surface area (Å²) in [5.74, 6) is -0.970. The van der Waals surface area contributed by atoms with E-state index in [0.717, 1.165) is 23.4 Å². The van der Waals surface area contributed by atoms with Crippen LogP contribution in [0.25, 0.3) is 0 Å². The Balaban J connectivity index is 2.00. The van der Waals surface area contributed by atoms with E-state index in [2.05, 4.69) is 5.10 Å². The lowest BCUT2D eigenvalue weighted by Gasteiger charge is -2.21. The van der Waals surface area contributed by atoms with E-state index >= 15 is 0 Å². The van der Waals surface area contributed by atoms with Crippen molar-refractivity contribution in [3.05, 3.63) is 17.0 Å². The molecule has 1 aliphatic rings. The number of amides is 1. The minimum absolute atomic E-state index is 0.0717. The smallest absolute Gasteiger partial charge is 0.326 e. The Morgan fingerprint density at radius 2 is 2.10 bits per heavy atom. The second kappa shape index (κ2) is 5.64. The molecule has 0 spiro atoms. The van der Waals surface area contributed by atoms with Crippen molar-refractivity contribution in [1.29, 1.82) is 0 Å². The van der Waals surface area contributed by atoms with Crippen LogP contribution in [-0.2, 0) is 23.1 Å². The summed E-state index contributed by atoms with van der Waals surface area (Å²) >= 11 is 0. The first-order valence-corrected chi connectivity index (χ1v) is 6.93. The molecule has 1 saturated heterocycles. The zero-order chi connectivity index (χ0) is 14.9. The van der Waals surface area contributed by atoms with Gasteiger partial charge in [0.25, 0.3) is 0 Å². The third kappa shape index (κ3) is 2.69. The number of hydrogen-bond acceptors (Lipinski definition) is 3. The predicted molar refractivity (Wildman–Crippen MR) is 73.4 cm³/mol. The Morgan fingerprint density at radius 3 is 2.65 bits per heavy atom. The number of carbonyl (C=O) groups is 2. The minimum atomic E-state index is -0.899. The second-order valence-electron chi connectivity index (χ2n) is 5.36. The van der Waals surface area contributed by atoms with Gasteiger partial charge in [-0.25, -0.2) is 4.79 Å². The molecule has 1 amide bonds. The number of aliphatic carboxylic acids is 1. The summed E-state index contributed by atoms with van der Waals surface area (Å²) in [7, 11) is 1.88. The lowest BCUT2D eigenvalue weighted by molar-refractivity contribution is -0.148. The van der Waals surface area contributed by atoms with Gasteiger partial charge in [0, 0.05) is 25.7 Å². The average molecular weight is 279 g/mol. The van der Waals surface area contributed by atoms with Crippen LogP contribution in [0.5, 0.6) is 0 Å². The molecule has 1 N–H and O–H groups in total. The average Bonchev–Trinajstić information content (AvgIpc) is 2.95. The molecule has 2 rings (SSSR count). The van der Waals surface area contributed by atoms with Gasteiger partial charge in [-0.3, -0.25) is 9.48 Å². The van der Waals surface area contributed by atoms with Gasteiger partial charge in [-0.05, 0) is 38.7 Å². The van der Waals surface area contributed by atoms with Gasteiger partial charge in [0.2, 0.25) is 5.91 Å². The number of aromatic nitrogens is 2. The van der Waals surface area contributed by atoms with E-state index in [4.69, 9.17) is 5.11 Å². The molecule has 20 heavy (non-hydrogen) atoms. The SMILES string of the molecule is Cc1nn(C)c(C)c1CCC(=O)N1CCC[C@@H]1C(=O)O. The maximum absolute atomic E-state index is 12.2. The molecule has 0 unspecified atom stereocenters. The molecule has 2 heterocycles.